The second kappa shape index (κ2) is 36.3. The van der Waals surface area contributed by atoms with Gasteiger partial charge in [-0.3, -0.25) is 13.6 Å². The van der Waals surface area contributed by atoms with E-state index in [2.05, 4.69) is 0 Å². The third-order valence-corrected chi connectivity index (χ3v) is 17.3. The Bertz CT molecular complexity index is 3100. The zero-order chi connectivity index (χ0) is 62.8. The molecule has 482 valence electrons. The number of rotatable bonds is 39. The first-order chi connectivity index (χ1) is 44.1. The van der Waals surface area contributed by atoms with Gasteiger partial charge in [0, 0.05) is 5.92 Å². The van der Waals surface area contributed by atoms with Crippen molar-refractivity contribution in [3.05, 3.63) is 251 Å². The number of phosphoric ester groups is 1. The van der Waals surface area contributed by atoms with Crippen LogP contribution in [-0.4, -0.2) is 111 Å². The van der Waals surface area contributed by atoms with Gasteiger partial charge in [-0.05, 0) is 51.8 Å². The van der Waals surface area contributed by atoms with E-state index in [4.69, 9.17) is 60.9 Å². The number of alkyl halides is 2. The van der Waals surface area contributed by atoms with Crippen LogP contribution in [0.15, 0.2) is 212 Å². The van der Waals surface area contributed by atoms with Crippen molar-refractivity contribution in [3.8, 4) is 0 Å². The van der Waals surface area contributed by atoms with Crippen LogP contribution in [0, 0.1) is 5.92 Å². The molecule has 2 aliphatic heterocycles. The summed E-state index contributed by atoms with van der Waals surface area (Å²) in [5.74, 6) is -0.416. The highest BCUT2D eigenvalue weighted by Gasteiger charge is 2.51. The fourth-order valence-corrected chi connectivity index (χ4v) is 12.1. The zero-order valence-corrected chi connectivity index (χ0v) is 52.2. The highest BCUT2D eigenvalue weighted by Crippen LogP contribution is 2.54. The zero-order valence-electron chi connectivity index (χ0n) is 51.3. The van der Waals surface area contributed by atoms with Crippen LogP contribution in [0.5, 0.6) is 0 Å². The topological polar surface area (TPSA) is 157 Å². The van der Waals surface area contributed by atoms with Crippen molar-refractivity contribution in [2.75, 3.05) is 26.4 Å². The van der Waals surface area contributed by atoms with Gasteiger partial charge in [-0.15, -0.1) is 0 Å². The van der Waals surface area contributed by atoms with E-state index in [1.807, 2.05) is 195 Å². The summed E-state index contributed by atoms with van der Waals surface area (Å²) in [5, 5.41) is 11.0. The van der Waals surface area contributed by atoms with Crippen LogP contribution in [0.2, 0.25) is 0 Å². The monoisotopic (exact) mass is 1260 g/mol. The second-order valence-electron chi connectivity index (χ2n) is 22.4. The lowest BCUT2D eigenvalue weighted by atomic mass is 10.0. The minimum Gasteiger partial charge on any atom is -0.394 e. The van der Waals surface area contributed by atoms with Crippen LogP contribution in [0.25, 0.3) is 0 Å². The Morgan fingerprint density at radius 3 is 1.08 bits per heavy atom. The summed E-state index contributed by atoms with van der Waals surface area (Å²) < 4.78 is 134. The number of aliphatic hydroxyl groups excluding tert-OH is 1. The summed E-state index contributed by atoms with van der Waals surface area (Å²) in [6.07, 6.45) is -14.5. The fourth-order valence-electron chi connectivity index (χ4n) is 10.7. The molecule has 9 rings (SSSR count). The number of hydrogen-bond acceptors (Lipinski definition) is 15. The van der Waals surface area contributed by atoms with Gasteiger partial charge in [0.05, 0.1) is 84.9 Å². The van der Waals surface area contributed by atoms with Gasteiger partial charge >= 0.3 is 7.82 Å². The predicted molar refractivity (Wildman–Crippen MR) is 336 cm³/mol. The summed E-state index contributed by atoms with van der Waals surface area (Å²) in [4.78, 5) is 0. The van der Waals surface area contributed by atoms with E-state index in [-0.39, 0.29) is 72.0 Å². The van der Waals surface area contributed by atoms with Crippen molar-refractivity contribution < 1.29 is 79.4 Å². The minimum atomic E-state index is -4.90. The van der Waals surface area contributed by atoms with Crippen molar-refractivity contribution in [1.29, 1.82) is 0 Å². The largest absolute Gasteiger partial charge is 0.475 e. The van der Waals surface area contributed by atoms with Gasteiger partial charge < -0.3 is 52.5 Å². The van der Waals surface area contributed by atoms with E-state index >= 15 is 13.3 Å². The van der Waals surface area contributed by atoms with Gasteiger partial charge in [0.1, 0.15) is 42.7 Å². The second-order valence-corrected chi connectivity index (χ2v) is 24.1. The molecule has 2 aliphatic rings. The molecule has 2 fully saturated rings. The molecular weight excluding hydrogens is 1170 g/mol. The number of aliphatic hydroxyl groups is 1. The van der Waals surface area contributed by atoms with Crippen molar-refractivity contribution in [2.45, 2.75) is 160 Å². The van der Waals surface area contributed by atoms with Crippen LogP contribution in [-0.2, 0) is 112 Å². The molecule has 90 heavy (non-hydrogen) atoms. The molecule has 7 aromatic rings. The summed E-state index contributed by atoms with van der Waals surface area (Å²) in [5.41, 5.74) is 5.68. The highest BCUT2D eigenvalue weighted by atomic mass is 31.2. The Labute approximate surface area is 528 Å². The fraction of sp³-hybridized carbons (Fsp3) is 0.417. The predicted octanol–water partition coefficient (Wildman–Crippen LogP) is 13.8. The number of halogens is 2. The normalized spacial score (nSPS) is 22.7. The maximum absolute atomic E-state index is 17.7. The molecule has 15 nitrogen and oxygen atoms in total. The van der Waals surface area contributed by atoms with Crippen molar-refractivity contribution in [2.24, 2.45) is 5.92 Å². The van der Waals surface area contributed by atoms with Gasteiger partial charge in [0.25, 0.3) is 0 Å². The lowest BCUT2D eigenvalue weighted by Crippen LogP contribution is -2.48. The maximum Gasteiger partial charge on any atom is 0.475 e. The third kappa shape index (κ3) is 20.8. The smallest absolute Gasteiger partial charge is 0.394 e. The molecule has 0 amide bonds. The summed E-state index contributed by atoms with van der Waals surface area (Å²) in [6, 6.07) is 66.1. The van der Waals surface area contributed by atoms with Crippen LogP contribution in [0.4, 0.5) is 8.78 Å². The molecule has 2 saturated heterocycles. The molecule has 1 N–H and O–H groups in total. The van der Waals surface area contributed by atoms with Gasteiger partial charge in [0.2, 0.25) is 0 Å². The Morgan fingerprint density at radius 1 is 0.411 bits per heavy atom. The van der Waals surface area contributed by atoms with Gasteiger partial charge in [-0.2, -0.15) is 0 Å². The highest BCUT2D eigenvalue weighted by molar-refractivity contribution is 7.48. The van der Waals surface area contributed by atoms with E-state index in [9.17, 15) is 5.11 Å². The number of ether oxygens (including phenoxy) is 10. The molecule has 0 radical (unpaired) electrons. The average molecular weight is 1260 g/mol. The summed E-state index contributed by atoms with van der Waals surface area (Å²) in [6.45, 7) is 4.36. The molecular formula is C72H85F2O15P. The number of benzene rings is 7. The molecule has 15 atom stereocenters. The van der Waals surface area contributed by atoms with E-state index in [0.29, 0.717) is 12.0 Å². The van der Waals surface area contributed by atoms with Crippen molar-refractivity contribution in [1.82, 2.24) is 0 Å². The lowest BCUT2D eigenvalue weighted by molar-refractivity contribution is -0.209. The molecule has 18 heteroatoms. The molecule has 0 spiro atoms. The quantitative estimate of drug-likeness (QED) is 0.0363. The van der Waals surface area contributed by atoms with Crippen molar-refractivity contribution in [3.63, 3.8) is 0 Å². The average Bonchev–Trinajstić information content (AvgIpc) is 2.63. The van der Waals surface area contributed by atoms with Crippen LogP contribution < -0.4 is 0 Å². The summed E-state index contributed by atoms with van der Waals surface area (Å²) in [7, 11) is -4.90. The summed E-state index contributed by atoms with van der Waals surface area (Å²) >= 11 is 0. The van der Waals surface area contributed by atoms with E-state index in [1.165, 1.54) is 0 Å². The van der Waals surface area contributed by atoms with Crippen LogP contribution >= 0.6 is 7.82 Å². The van der Waals surface area contributed by atoms with E-state index < -0.39 is 101 Å². The molecule has 0 aromatic heterocycles. The SMILES string of the molecule is CC[C@H]1O[C@@H](OCC(OCc2ccccc2)C(OCc2ccccc2)C(COP(=O)(OCc2ccccc2)OC2[C@@H](CC)O[C@@H](OCC(OCc3ccccc3)C(OCc3ccccc3)C(CO)OCc3ccccc3)[C@H]2F)OCc2ccccc2)[C@@H](F)C1C. The number of hydrogen-bond donors (Lipinski definition) is 1. The molecule has 2 heterocycles. The molecule has 0 aliphatic carbocycles. The lowest BCUT2D eigenvalue weighted by Gasteiger charge is -2.35. The Morgan fingerprint density at radius 2 is 0.722 bits per heavy atom. The first-order valence-electron chi connectivity index (χ1n) is 31.1. The third-order valence-electron chi connectivity index (χ3n) is 15.9. The molecule has 9 unspecified atom stereocenters. The first kappa shape index (κ1) is 68.4. The Kier molecular flexibility index (Phi) is 27.6. The Hall–Kier alpha value is -5.93. The van der Waals surface area contributed by atoms with Gasteiger partial charge in [0.15, 0.2) is 24.9 Å². The van der Waals surface area contributed by atoms with Gasteiger partial charge in [-0.1, -0.05) is 233 Å². The van der Waals surface area contributed by atoms with E-state index in [1.54, 1.807) is 38.1 Å². The van der Waals surface area contributed by atoms with Crippen molar-refractivity contribution >= 4 is 7.82 Å². The number of phosphoric acid groups is 1. The van der Waals surface area contributed by atoms with E-state index in [0.717, 1.165) is 33.4 Å². The van der Waals surface area contributed by atoms with Crippen LogP contribution in [0.3, 0.4) is 0 Å². The molecule has 7 aromatic carbocycles. The minimum absolute atomic E-state index is 0.0305. The molecule has 0 saturated carbocycles. The maximum atomic E-state index is 17.7. The van der Waals surface area contributed by atoms with Gasteiger partial charge in [-0.25, -0.2) is 13.3 Å². The van der Waals surface area contributed by atoms with Crippen LogP contribution in [0.1, 0.15) is 72.6 Å². The first-order valence-corrected chi connectivity index (χ1v) is 32.5. The standard InChI is InChI=1S/C72H85F2O15P/c1-4-60-52(3)66(73)71(87-60)83-50-64(79-44-55-31-17-8-18-32-55)69(82-47-58-37-23-11-24-38-58)65(80-45-56-33-19-9-20-34-56)51-86-90(76,85-48-59-39-25-12-26-40-59)89-70-61(5-2)88-72(67(70)74)84-49-63(78-43-54-29-15-7-16-30-54)68(81-46-57-35-21-10-22-36-57)62(41-75)77-42-53-27-13-6-14-28-53/h6-40,52,60-72,75H,4-5,41-51H2,1-3H3/t52?,60-,61-,62?,63?,64?,65?,66+,67+,68?,69?,70?,71-,72-,90?/m1/s1. The molecule has 0 bridgehead atoms. The Balaban J connectivity index is 1.00.